The SMILES string of the molecule is COc1ccc2c(c1O)[C@@]13CCN(C)[C@@]14C[C@H]2O[C@]4(OC)[C@@H](O)[C@@H](OC(=O)/C=C/c1ccccc1)C3. The molecule has 8 heteroatoms. The quantitative estimate of drug-likeness (QED) is 0.485. The molecule has 2 aromatic carbocycles. The molecule has 4 aliphatic rings. The number of phenolic OH excluding ortho intramolecular Hbond substituents is 1. The molecule has 36 heavy (non-hydrogen) atoms. The second-order valence-electron chi connectivity index (χ2n) is 10.2. The van der Waals surface area contributed by atoms with Gasteiger partial charge in [-0.25, -0.2) is 4.79 Å². The molecule has 2 saturated heterocycles. The average molecular weight is 494 g/mol. The van der Waals surface area contributed by atoms with E-state index in [1.807, 2.05) is 43.4 Å². The van der Waals surface area contributed by atoms with Gasteiger partial charge >= 0.3 is 5.97 Å². The zero-order valence-corrected chi connectivity index (χ0v) is 20.6. The minimum Gasteiger partial charge on any atom is -0.504 e. The number of ether oxygens (including phenoxy) is 4. The van der Waals surface area contributed by atoms with E-state index in [0.717, 1.165) is 16.7 Å². The number of likely N-dealkylation sites (N-methyl/N-ethyl adjacent to an activating group) is 1. The Bertz CT molecular complexity index is 1230. The third kappa shape index (κ3) is 2.75. The number of hydrogen-bond acceptors (Lipinski definition) is 8. The fourth-order valence-electron chi connectivity index (χ4n) is 7.61. The normalized spacial score (nSPS) is 36.5. The summed E-state index contributed by atoms with van der Waals surface area (Å²) in [7, 11) is 5.06. The smallest absolute Gasteiger partial charge is 0.331 e. The number of fused-ring (bicyclic) bond motifs is 3. The lowest BCUT2D eigenvalue weighted by molar-refractivity contribution is -0.335. The Kier molecular flexibility index (Phi) is 5.25. The van der Waals surface area contributed by atoms with Gasteiger partial charge in [0.1, 0.15) is 12.2 Å². The van der Waals surface area contributed by atoms with Crippen LogP contribution in [-0.4, -0.2) is 72.4 Å². The monoisotopic (exact) mass is 493 g/mol. The maximum absolute atomic E-state index is 12.9. The van der Waals surface area contributed by atoms with Crippen molar-refractivity contribution in [1.82, 2.24) is 4.90 Å². The number of benzene rings is 2. The molecule has 8 nitrogen and oxygen atoms in total. The topological polar surface area (TPSA) is 97.7 Å². The Labute approximate surface area is 210 Å². The van der Waals surface area contributed by atoms with E-state index in [0.29, 0.717) is 31.6 Å². The molecule has 1 spiro atoms. The third-order valence-corrected chi connectivity index (χ3v) is 8.98. The van der Waals surface area contributed by atoms with Gasteiger partial charge in [0.2, 0.25) is 5.79 Å². The van der Waals surface area contributed by atoms with Crippen LogP contribution in [0.3, 0.4) is 0 Å². The van der Waals surface area contributed by atoms with E-state index in [-0.39, 0.29) is 5.75 Å². The van der Waals surface area contributed by atoms with Gasteiger partial charge in [0.15, 0.2) is 11.5 Å². The molecule has 2 heterocycles. The van der Waals surface area contributed by atoms with Crippen LogP contribution in [0.25, 0.3) is 6.08 Å². The molecular formula is C28H31NO7. The van der Waals surface area contributed by atoms with Gasteiger partial charge < -0.3 is 29.2 Å². The van der Waals surface area contributed by atoms with Gasteiger partial charge in [-0.3, -0.25) is 4.90 Å². The molecule has 0 unspecified atom stereocenters. The first-order valence-corrected chi connectivity index (χ1v) is 12.3. The van der Waals surface area contributed by atoms with Gasteiger partial charge in [0, 0.05) is 30.6 Å². The second-order valence-corrected chi connectivity index (χ2v) is 10.2. The predicted octanol–water partition coefficient (Wildman–Crippen LogP) is 2.92. The number of aliphatic hydroxyl groups is 1. The number of nitrogens with zero attached hydrogens (tertiary/aromatic N) is 1. The summed E-state index contributed by atoms with van der Waals surface area (Å²) in [5.41, 5.74) is 1.03. The van der Waals surface area contributed by atoms with E-state index < -0.39 is 41.0 Å². The van der Waals surface area contributed by atoms with Gasteiger partial charge in [0.05, 0.1) is 18.8 Å². The molecule has 3 fully saturated rings. The lowest BCUT2D eigenvalue weighted by atomic mass is 9.50. The molecule has 6 rings (SSSR count). The summed E-state index contributed by atoms with van der Waals surface area (Å²) in [4.78, 5) is 15.1. The predicted molar refractivity (Wildman–Crippen MR) is 130 cm³/mol. The molecule has 190 valence electrons. The fourth-order valence-corrected chi connectivity index (χ4v) is 7.61. The molecular weight excluding hydrogens is 462 g/mol. The van der Waals surface area contributed by atoms with E-state index >= 15 is 0 Å². The summed E-state index contributed by atoms with van der Waals surface area (Å²) in [5.74, 6) is -1.57. The molecule has 2 aromatic rings. The van der Waals surface area contributed by atoms with Crippen molar-refractivity contribution in [3.63, 3.8) is 0 Å². The summed E-state index contributed by atoms with van der Waals surface area (Å²) >= 11 is 0. The maximum atomic E-state index is 12.9. The molecule has 0 radical (unpaired) electrons. The Hall–Kier alpha value is -2.91. The van der Waals surface area contributed by atoms with Crippen LogP contribution in [0.1, 0.15) is 42.1 Å². The van der Waals surface area contributed by atoms with E-state index in [9.17, 15) is 15.0 Å². The summed E-state index contributed by atoms with van der Waals surface area (Å²) in [6.45, 7) is 0.707. The van der Waals surface area contributed by atoms with Crippen molar-refractivity contribution < 1.29 is 34.0 Å². The Morgan fingerprint density at radius 3 is 2.67 bits per heavy atom. The molecule has 2 aliphatic carbocycles. The first kappa shape index (κ1) is 23.5. The maximum Gasteiger partial charge on any atom is 0.331 e. The van der Waals surface area contributed by atoms with Gasteiger partial charge in [-0.2, -0.15) is 0 Å². The number of likely N-dealkylation sites (tertiary alicyclic amines) is 1. The van der Waals surface area contributed by atoms with E-state index in [1.54, 1.807) is 12.1 Å². The average Bonchev–Trinajstić information content (AvgIpc) is 3.39. The molecule has 0 amide bonds. The molecule has 2 bridgehead atoms. The van der Waals surface area contributed by atoms with E-state index in [2.05, 4.69) is 4.90 Å². The molecule has 1 saturated carbocycles. The van der Waals surface area contributed by atoms with Crippen molar-refractivity contribution in [2.75, 3.05) is 27.8 Å². The number of hydrogen-bond donors (Lipinski definition) is 2. The summed E-state index contributed by atoms with van der Waals surface area (Å²) in [6.07, 6.45) is 2.11. The highest BCUT2D eigenvalue weighted by Crippen LogP contribution is 2.73. The number of carbonyl (C=O) groups is 1. The van der Waals surface area contributed by atoms with Crippen LogP contribution < -0.4 is 4.74 Å². The number of aliphatic hydroxyl groups excluding tert-OH is 1. The number of rotatable bonds is 5. The van der Waals surface area contributed by atoms with E-state index in [1.165, 1.54) is 20.3 Å². The largest absolute Gasteiger partial charge is 0.504 e. The number of phenols is 1. The van der Waals surface area contributed by atoms with Crippen LogP contribution in [0.5, 0.6) is 11.5 Å². The molecule has 0 aromatic heterocycles. The lowest BCUT2D eigenvalue weighted by Crippen LogP contribution is -2.77. The lowest BCUT2D eigenvalue weighted by Gasteiger charge is -2.61. The van der Waals surface area contributed by atoms with Crippen LogP contribution in [0, 0.1) is 0 Å². The third-order valence-electron chi connectivity index (χ3n) is 8.98. The van der Waals surface area contributed by atoms with Crippen molar-refractivity contribution in [3.05, 3.63) is 65.2 Å². The standard InChI is InChI=1S/C28H31NO7/c1-29-14-13-26-15-21(35-22(30)12-9-17-7-5-4-6-8-17)25(32)28(34-3)27(26,29)16-20(36-28)18-10-11-19(33-2)24(31)23(18)26/h4-12,20-21,25,31-32H,13-16H2,1-3H3/b12-9+/t20-,21+,25+,26+,27+,28-/m1/s1. The minimum atomic E-state index is -1.45. The number of carbonyl (C=O) groups excluding carboxylic acids is 1. The molecule has 6 atom stereocenters. The zero-order valence-electron chi connectivity index (χ0n) is 20.6. The fraction of sp³-hybridized carbons (Fsp3) is 0.464. The number of methoxy groups -OCH3 is 2. The molecule has 2 aliphatic heterocycles. The number of esters is 1. The second kappa shape index (κ2) is 8.05. The van der Waals surface area contributed by atoms with Gasteiger partial charge in [-0.05, 0) is 49.7 Å². The first-order valence-electron chi connectivity index (χ1n) is 12.3. The number of aromatic hydroxyl groups is 1. The van der Waals surface area contributed by atoms with E-state index in [4.69, 9.17) is 18.9 Å². The molecule has 2 N–H and O–H groups in total. The van der Waals surface area contributed by atoms with Crippen LogP contribution in [0.4, 0.5) is 0 Å². The summed E-state index contributed by atoms with van der Waals surface area (Å²) in [6, 6.07) is 13.1. The van der Waals surface area contributed by atoms with Crippen LogP contribution >= 0.6 is 0 Å². The van der Waals surface area contributed by atoms with Gasteiger partial charge in [-0.1, -0.05) is 36.4 Å². The zero-order chi connectivity index (χ0) is 25.3. The van der Waals surface area contributed by atoms with Crippen LogP contribution in [-0.2, 0) is 24.4 Å². The van der Waals surface area contributed by atoms with Crippen LogP contribution in [0.2, 0.25) is 0 Å². The summed E-state index contributed by atoms with van der Waals surface area (Å²) in [5, 5.41) is 23.1. The first-order chi connectivity index (χ1) is 17.3. The highest BCUT2D eigenvalue weighted by Gasteiger charge is 2.82. The van der Waals surface area contributed by atoms with Crippen molar-refractivity contribution in [3.8, 4) is 11.5 Å². The van der Waals surface area contributed by atoms with Gasteiger partial charge in [-0.15, -0.1) is 0 Å². The summed E-state index contributed by atoms with van der Waals surface area (Å²) < 4.78 is 24.1. The Balaban J connectivity index is 1.45. The minimum absolute atomic E-state index is 0.0697. The Morgan fingerprint density at radius 1 is 1.17 bits per heavy atom. The highest BCUT2D eigenvalue weighted by molar-refractivity contribution is 5.87. The Morgan fingerprint density at radius 2 is 1.94 bits per heavy atom. The van der Waals surface area contributed by atoms with Gasteiger partial charge in [0.25, 0.3) is 0 Å². The van der Waals surface area contributed by atoms with Crippen LogP contribution in [0.15, 0.2) is 48.5 Å². The van der Waals surface area contributed by atoms with Crippen molar-refractivity contribution in [2.45, 2.75) is 54.3 Å². The van der Waals surface area contributed by atoms with Crippen molar-refractivity contribution in [2.24, 2.45) is 0 Å². The van der Waals surface area contributed by atoms with Crippen molar-refractivity contribution >= 4 is 12.0 Å². The highest BCUT2D eigenvalue weighted by atomic mass is 16.7. The van der Waals surface area contributed by atoms with Crippen molar-refractivity contribution in [1.29, 1.82) is 0 Å².